The van der Waals surface area contributed by atoms with Crippen LogP contribution in [-0.4, -0.2) is 48.1 Å². The van der Waals surface area contributed by atoms with Gasteiger partial charge in [-0.15, -0.1) is 11.3 Å². The van der Waals surface area contributed by atoms with Gasteiger partial charge in [0.15, 0.2) is 0 Å². The fourth-order valence-electron chi connectivity index (χ4n) is 3.52. The number of hydrogen-bond donors (Lipinski definition) is 0. The first-order valence-electron chi connectivity index (χ1n) is 7.91. The van der Waals surface area contributed by atoms with E-state index in [0.717, 1.165) is 32.1 Å². The van der Waals surface area contributed by atoms with E-state index in [1.54, 1.807) is 16.8 Å². The number of aryl methyl sites for hydroxylation is 1. The number of nitrogens with zero attached hydrogens (tertiary/aromatic N) is 4. The predicted molar refractivity (Wildman–Crippen MR) is 88.3 cm³/mol. The number of aromatic nitrogens is 2. The Labute approximate surface area is 129 Å². The molecule has 1 atom stereocenters. The van der Waals surface area contributed by atoms with Crippen LogP contribution in [-0.2, 0) is 12.8 Å². The Morgan fingerprint density at radius 2 is 2.00 bits per heavy atom. The lowest BCUT2D eigenvalue weighted by atomic mass is 9.89. The molecule has 4 nitrogen and oxygen atoms in total. The molecule has 3 heterocycles. The summed E-state index contributed by atoms with van der Waals surface area (Å²) < 4.78 is 0. The Kier molecular flexibility index (Phi) is 3.34. The average Bonchev–Trinajstić information content (AvgIpc) is 2.85. The van der Waals surface area contributed by atoms with Crippen LogP contribution in [0, 0.1) is 5.92 Å². The van der Waals surface area contributed by atoms with E-state index in [4.69, 9.17) is 0 Å². The van der Waals surface area contributed by atoms with E-state index in [1.807, 2.05) is 11.3 Å². The highest BCUT2D eigenvalue weighted by Gasteiger charge is 2.25. The summed E-state index contributed by atoms with van der Waals surface area (Å²) in [6.07, 6.45) is 5.47. The van der Waals surface area contributed by atoms with Crippen molar-refractivity contribution in [2.75, 3.05) is 38.1 Å². The van der Waals surface area contributed by atoms with Gasteiger partial charge in [0, 0.05) is 31.1 Å². The predicted octanol–water partition coefficient (Wildman–Crippen LogP) is 2.57. The maximum Gasteiger partial charge on any atom is 0.141 e. The third-order valence-corrected chi connectivity index (χ3v) is 6.04. The molecule has 2 aromatic rings. The average molecular weight is 302 g/mol. The van der Waals surface area contributed by atoms with E-state index in [1.165, 1.54) is 35.3 Å². The lowest BCUT2D eigenvalue weighted by Crippen LogP contribution is -2.44. The van der Waals surface area contributed by atoms with Crippen LogP contribution in [0.2, 0.25) is 0 Å². The van der Waals surface area contributed by atoms with E-state index < -0.39 is 0 Å². The Hall–Kier alpha value is -1.20. The summed E-state index contributed by atoms with van der Waals surface area (Å²) in [5.41, 5.74) is 1.54. The fourth-order valence-corrected chi connectivity index (χ4v) is 4.86. The minimum absolute atomic E-state index is 0.811. The summed E-state index contributed by atoms with van der Waals surface area (Å²) in [6, 6.07) is 0. The molecule has 0 amide bonds. The second-order valence-corrected chi connectivity index (χ2v) is 7.60. The lowest BCUT2D eigenvalue weighted by Gasteiger charge is -2.33. The molecule has 0 saturated carbocycles. The van der Waals surface area contributed by atoms with Crippen LogP contribution in [0.3, 0.4) is 0 Å². The number of likely N-dealkylation sites (N-methyl/N-ethyl adjacent to an activating group) is 1. The van der Waals surface area contributed by atoms with Crippen molar-refractivity contribution in [2.24, 2.45) is 5.92 Å². The first kappa shape index (κ1) is 13.5. The van der Waals surface area contributed by atoms with Gasteiger partial charge in [0.25, 0.3) is 0 Å². The monoisotopic (exact) mass is 302 g/mol. The second-order valence-electron chi connectivity index (χ2n) is 6.52. The van der Waals surface area contributed by atoms with Gasteiger partial charge in [-0.3, -0.25) is 0 Å². The zero-order valence-corrected chi connectivity index (χ0v) is 13.6. The highest BCUT2D eigenvalue weighted by Crippen LogP contribution is 2.40. The van der Waals surface area contributed by atoms with Crippen LogP contribution in [0.25, 0.3) is 10.2 Å². The Balaban J connectivity index is 1.79. The van der Waals surface area contributed by atoms with Crippen LogP contribution < -0.4 is 4.90 Å². The van der Waals surface area contributed by atoms with Gasteiger partial charge in [0.2, 0.25) is 0 Å². The maximum atomic E-state index is 4.66. The summed E-state index contributed by atoms with van der Waals surface area (Å²) in [6.45, 7) is 6.75. The SMILES string of the molecule is CC1CCc2c(sc3ncnc(N4CCN(C)CC4)c23)C1. The number of piperazine rings is 1. The largest absolute Gasteiger partial charge is 0.353 e. The molecule has 1 aliphatic heterocycles. The molecule has 0 spiro atoms. The molecular formula is C16H22N4S. The van der Waals surface area contributed by atoms with Gasteiger partial charge >= 0.3 is 0 Å². The van der Waals surface area contributed by atoms with Crippen LogP contribution in [0.5, 0.6) is 0 Å². The molecule has 1 fully saturated rings. The molecule has 1 unspecified atom stereocenters. The van der Waals surface area contributed by atoms with E-state index in [2.05, 4.69) is 33.7 Å². The highest BCUT2D eigenvalue weighted by atomic mass is 32.1. The molecule has 5 heteroatoms. The first-order chi connectivity index (χ1) is 10.2. The summed E-state index contributed by atoms with van der Waals surface area (Å²) in [7, 11) is 2.20. The molecule has 1 aliphatic carbocycles. The summed E-state index contributed by atoms with van der Waals surface area (Å²) in [5.74, 6) is 1.99. The number of fused-ring (bicyclic) bond motifs is 3. The smallest absolute Gasteiger partial charge is 0.141 e. The summed E-state index contributed by atoms with van der Waals surface area (Å²) in [5, 5.41) is 1.36. The van der Waals surface area contributed by atoms with Crippen LogP contribution in [0.4, 0.5) is 5.82 Å². The molecular weight excluding hydrogens is 280 g/mol. The molecule has 2 aliphatic rings. The third-order valence-electron chi connectivity index (χ3n) is 4.87. The molecule has 0 radical (unpaired) electrons. The molecule has 4 rings (SSSR count). The second kappa shape index (κ2) is 5.21. The molecule has 112 valence electrons. The number of anilines is 1. The van der Waals surface area contributed by atoms with E-state index in [9.17, 15) is 0 Å². The van der Waals surface area contributed by atoms with Gasteiger partial charge in [-0.05, 0) is 37.8 Å². The van der Waals surface area contributed by atoms with Crippen molar-refractivity contribution >= 4 is 27.4 Å². The van der Waals surface area contributed by atoms with Gasteiger partial charge in [-0.2, -0.15) is 0 Å². The zero-order chi connectivity index (χ0) is 14.4. The normalized spacial score (nSPS) is 23.5. The van der Waals surface area contributed by atoms with Crippen LogP contribution in [0.15, 0.2) is 6.33 Å². The number of hydrogen-bond acceptors (Lipinski definition) is 5. The minimum Gasteiger partial charge on any atom is -0.353 e. The molecule has 2 aromatic heterocycles. The lowest BCUT2D eigenvalue weighted by molar-refractivity contribution is 0.312. The van der Waals surface area contributed by atoms with Crippen molar-refractivity contribution in [3.8, 4) is 0 Å². The van der Waals surface area contributed by atoms with Crippen molar-refractivity contribution in [1.29, 1.82) is 0 Å². The zero-order valence-electron chi connectivity index (χ0n) is 12.8. The molecule has 0 bridgehead atoms. The Morgan fingerprint density at radius 1 is 1.19 bits per heavy atom. The van der Waals surface area contributed by atoms with Crippen LogP contribution >= 0.6 is 11.3 Å². The van der Waals surface area contributed by atoms with Crippen molar-refractivity contribution in [3.63, 3.8) is 0 Å². The number of rotatable bonds is 1. The van der Waals surface area contributed by atoms with Gasteiger partial charge in [-0.25, -0.2) is 9.97 Å². The van der Waals surface area contributed by atoms with Crippen LogP contribution in [0.1, 0.15) is 23.8 Å². The molecule has 0 aromatic carbocycles. The maximum absolute atomic E-state index is 4.66. The summed E-state index contributed by atoms with van der Waals surface area (Å²) >= 11 is 1.89. The van der Waals surface area contributed by atoms with E-state index in [0.29, 0.717) is 0 Å². The Morgan fingerprint density at radius 3 is 2.81 bits per heavy atom. The van der Waals surface area contributed by atoms with Gasteiger partial charge in [0.1, 0.15) is 17.0 Å². The first-order valence-corrected chi connectivity index (χ1v) is 8.73. The van der Waals surface area contributed by atoms with Crippen molar-refractivity contribution in [1.82, 2.24) is 14.9 Å². The highest BCUT2D eigenvalue weighted by molar-refractivity contribution is 7.19. The van der Waals surface area contributed by atoms with E-state index in [-0.39, 0.29) is 0 Å². The van der Waals surface area contributed by atoms with Gasteiger partial charge < -0.3 is 9.80 Å². The number of thiophene rings is 1. The Bertz CT molecular complexity index is 658. The van der Waals surface area contributed by atoms with Crippen molar-refractivity contribution in [2.45, 2.75) is 26.2 Å². The molecule has 21 heavy (non-hydrogen) atoms. The quantitative estimate of drug-likeness (QED) is 0.810. The van der Waals surface area contributed by atoms with Crippen molar-refractivity contribution in [3.05, 3.63) is 16.8 Å². The van der Waals surface area contributed by atoms with E-state index >= 15 is 0 Å². The molecule has 0 N–H and O–H groups in total. The standard InChI is InChI=1S/C16H22N4S/c1-11-3-4-12-13(9-11)21-16-14(12)15(17-10-18-16)20-7-5-19(2)6-8-20/h10-11H,3-9H2,1-2H3. The fraction of sp³-hybridized carbons (Fsp3) is 0.625. The van der Waals surface area contributed by atoms with Gasteiger partial charge in [-0.1, -0.05) is 6.92 Å². The summed E-state index contributed by atoms with van der Waals surface area (Å²) in [4.78, 5) is 16.8. The topological polar surface area (TPSA) is 32.3 Å². The third kappa shape index (κ3) is 2.32. The molecule has 1 saturated heterocycles. The minimum atomic E-state index is 0.811. The van der Waals surface area contributed by atoms with Crippen molar-refractivity contribution < 1.29 is 0 Å². The van der Waals surface area contributed by atoms with Gasteiger partial charge in [0.05, 0.1) is 5.39 Å².